The summed E-state index contributed by atoms with van der Waals surface area (Å²) in [6.45, 7) is 1.49. The molecule has 0 saturated carbocycles. The van der Waals surface area contributed by atoms with E-state index in [-0.39, 0.29) is 25.5 Å². The molecule has 0 unspecified atom stereocenters. The summed E-state index contributed by atoms with van der Waals surface area (Å²) in [5, 5.41) is 12.5. The van der Waals surface area contributed by atoms with Crippen LogP contribution in [0, 0.1) is 0 Å². The van der Waals surface area contributed by atoms with E-state index < -0.39 is 0 Å². The largest absolute Gasteiger partial charge is 1.00 e. The van der Waals surface area contributed by atoms with Crippen LogP contribution in [0.15, 0.2) is 24.3 Å². The number of rotatable bonds is 13. The molecule has 24 heavy (non-hydrogen) atoms. The Hall–Kier alpha value is -1.26. The fraction of sp³-hybridized carbons (Fsp3) is 0.632. The molecule has 1 rings (SSSR count). The maximum absolute atomic E-state index is 11.9. The zero-order chi connectivity index (χ0) is 16.8. The number of hydrogen-bond acceptors (Lipinski definition) is 3. The highest BCUT2D eigenvalue weighted by atomic mass is 35.5. The highest BCUT2D eigenvalue weighted by Gasteiger charge is 2.08. The third kappa shape index (κ3) is 10.5. The molecule has 1 aromatic carbocycles. The molecule has 4 nitrogen and oxygen atoms in total. The van der Waals surface area contributed by atoms with Gasteiger partial charge in [0.25, 0.3) is 5.91 Å². The van der Waals surface area contributed by atoms with Crippen molar-refractivity contribution in [3.63, 3.8) is 0 Å². The van der Waals surface area contributed by atoms with Gasteiger partial charge in [-0.3, -0.25) is 4.79 Å². The number of aromatic hydroxyl groups is 1. The predicted octanol–water partition coefficient (Wildman–Crippen LogP) is 1.10. The maximum atomic E-state index is 11.9. The number of benzene rings is 1. The molecule has 0 heterocycles. The zero-order valence-corrected chi connectivity index (χ0v) is 15.4. The molecule has 4 N–H and O–H groups in total. The molecule has 0 aromatic heterocycles. The average molecular weight is 357 g/mol. The van der Waals surface area contributed by atoms with E-state index in [4.69, 9.17) is 5.73 Å². The molecule has 0 fully saturated rings. The summed E-state index contributed by atoms with van der Waals surface area (Å²) in [6, 6.07) is 6.64. The second kappa shape index (κ2) is 15.3. The van der Waals surface area contributed by atoms with Crippen molar-refractivity contribution in [2.45, 2.75) is 64.2 Å². The van der Waals surface area contributed by atoms with E-state index in [0.717, 1.165) is 25.8 Å². The average Bonchev–Trinajstić information content (AvgIpc) is 2.56. The number of carbonyl (C=O) groups is 1. The quantitative estimate of drug-likeness (QED) is 0.463. The van der Waals surface area contributed by atoms with Gasteiger partial charge in [0.1, 0.15) is 5.75 Å². The van der Waals surface area contributed by atoms with Gasteiger partial charge in [-0.05, 0) is 31.5 Å². The lowest BCUT2D eigenvalue weighted by atomic mass is 10.1. The number of hydrogen-bond donors (Lipinski definition) is 3. The molecule has 0 saturated heterocycles. The number of halogens is 1. The Morgan fingerprint density at radius 3 is 1.96 bits per heavy atom. The first-order valence-corrected chi connectivity index (χ1v) is 9.02. The summed E-state index contributed by atoms with van der Waals surface area (Å²) < 4.78 is 0. The lowest BCUT2D eigenvalue weighted by Gasteiger charge is -2.06. The number of phenols is 1. The van der Waals surface area contributed by atoms with E-state index >= 15 is 0 Å². The molecule has 0 spiro atoms. The summed E-state index contributed by atoms with van der Waals surface area (Å²) >= 11 is 0. The predicted molar refractivity (Wildman–Crippen MR) is 96.8 cm³/mol. The number of carbonyl (C=O) groups excluding carboxylic acids is 1. The van der Waals surface area contributed by atoms with E-state index in [1.165, 1.54) is 51.0 Å². The summed E-state index contributed by atoms with van der Waals surface area (Å²) in [6.07, 6.45) is 12.4. The van der Waals surface area contributed by atoms with Gasteiger partial charge in [0.2, 0.25) is 0 Å². The molecule has 0 aliphatic rings. The molecule has 5 heteroatoms. The molecule has 0 bridgehead atoms. The smallest absolute Gasteiger partial charge is 1.00 e. The first kappa shape index (κ1) is 22.7. The van der Waals surface area contributed by atoms with Gasteiger partial charge in [0, 0.05) is 6.54 Å². The van der Waals surface area contributed by atoms with Gasteiger partial charge in [-0.2, -0.15) is 0 Å². The van der Waals surface area contributed by atoms with Crippen LogP contribution in [0.4, 0.5) is 0 Å². The van der Waals surface area contributed by atoms with Crippen molar-refractivity contribution < 1.29 is 23.7 Å². The fourth-order valence-corrected chi connectivity index (χ4v) is 2.65. The lowest BCUT2D eigenvalue weighted by molar-refractivity contribution is -0.0000147. The highest BCUT2D eigenvalue weighted by molar-refractivity contribution is 5.96. The summed E-state index contributed by atoms with van der Waals surface area (Å²) in [5.41, 5.74) is 5.82. The van der Waals surface area contributed by atoms with Crippen LogP contribution < -0.4 is 23.5 Å². The van der Waals surface area contributed by atoms with Crippen LogP contribution in [0.3, 0.4) is 0 Å². The topological polar surface area (TPSA) is 75.3 Å². The Bertz CT molecular complexity index is 447. The van der Waals surface area contributed by atoms with Crippen molar-refractivity contribution in [2.75, 3.05) is 13.1 Å². The van der Waals surface area contributed by atoms with Crippen LogP contribution in [-0.2, 0) is 0 Å². The van der Waals surface area contributed by atoms with Crippen LogP contribution in [0.2, 0.25) is 0 Å². The summed E-state index contributed by atoms with van der Waals surface area (Å²) in [4.78, 5) is 11.9. The molecular formula is C19H33ClN2O2. The summed E-state index contributed by atoms with van der Waals surface area (Å²) in [7, 11) is 0. The molecule has 1 amide bonds. The number of nitrogens with two attached hydrogens (primary N) is 1. The Kier molecular flexibility index (Phi) is 14.5. The second-order valence-corrected chi connectivity index (χ2v) is 6.10. The van der Waals surface area contributed by atoms with Crippen molar-refractivity contribution >= 4 is 5.91 Å². The molecular weight excluding hydrogens is 324 g/mol. The van der Waals surface area contributed by atoms with Gasteiger partial charge >= 0.3 is 1.43 Å². The van der Waals surface area contributed by atoms with Gasteiger partial charge < -0.3 is 28.6 Å². The van der Waals surface area contributed by atoms with E-state index in [2.05, 4.69) is 5.32 Å². The summed E-state index contributed by atoms with van der Waals surface area (Å²) in [5.74, 6) is -0.156. The Labute approximate surface area is 154 Å². The van der Waals surface area contributed by atoms with Crippen molar-refractivity contribution in [1.82, 2.24) is 5.32 Å². The Balaban J connectivity index is 0. The monoisotopic (exact) mass is 356 g/mol. The van der Waals surface area contributed by atoms with Crippen molar-refractivity contribution in [3.8, 4) is 5.75 Å². The normalized spacial score (nSPS) is 10.2. The van der Waals surface area contributed by atoms with Gasteiger partial charge in [-0.1, -0.05) is 63.5 Å². The van der Waals surface area contributed by atoms with Gasteiger partial charge in [-0.15, -0.1) is 0 Å². The van der Waals surface area contributed by atoms with Crippen LogP contribution in [-0.4, -0.2) is 24.1 Å². The lowest BCUT2D eigenvalue weighted by Crippen LogP contribution is -3.00. The third-order valence-electron chi connectivity index (χ3n) is 4.07. The first-order valence-electron chi connectivity index (χ1n) is 9.02. The van der Waals surface area contributed by atoms with Gasteiger partial charge in [0.05, 0.1) is 5.56 Å². The fourth-order valence-electron chi connectivity index (χ4n) is 2.65. The van der Waals surface area contributed by atoms with Crippen molar-refractivity contribution in [1.29, 1.82) is 0 Å². The SMILES string of the molecule is NCCCCCCCCCCCCNC(=O)c1ccccc1O.[Cl-].[H+]. The molecule has 1 aromatic rings. The van der Waals surface area contributed by atoms with Crippen molar-refractivity contribution in [3.05, 3.63) is 29.8 Å². The van der Waals surface area contributed by atoms with Crippen LogP contribution in [0.25, 0.3) is 0 Å². The standard InChI is InChI=1S/C19H32N2O2.ClH/c20-15-11-7-5-3-1-2-4-6-8-12-16-21-19(23)17-13-9-10-14-18(17)22;/h9-10,13-14,22H,1-8,11-12,15-16,20H2,(H,21,23);1H. The number of nitrogens with one attached hydrogen (secondary N) is 1. The van der Waals surface area contributed by atoms with E-state index in [0.29, 0.717) is 12.1 Å². The Morgan fingerprint density at radius 2 is 1.42 bits per heavy atom. The van der Waals surface area contributed by atoms with Crippen LogP contribution >= 0.6 is 0 Å². The molecule has 138 valence electrons. The van der Waals surface area contributed by atoms with Crippen LogP contribution in [0.5, 0.6) is 5.75 Å². The number of unbranched alkanes of at least 4 members (excludes halogenated alkanes) is 9. The first-order chi connectivity index (χ1) is 11.3. The van der Waals surface area contributed by atoms with E-state index in [1.54, 1.807) is 18.2 Å². The molecule has 0 radical (unpaired) electrons. The molecule has 0 aliphatic carbocycles. The molecule has 0 atom stereocenters. The number of phenolic OH excluding ortho intramolecular Hbond substituents is 1. The third-order valence-corrected chi connectivity index (χ3v) is 4.07. The minimum Gasteiger partial charge on any atom is -1.00 e. The highest BCUT2D eigenvalue weighted by Crippen LogP contribution is 2.15. The van der Waals surface area contributed by atoms with Gasteiger partial charge in [0.15, 0.2) is 0 Å². The minimum absolute atomic E-state index is 0. The van der Waals surface area contributed by atoms with E-state index in [1.807, 2.05) is 0 Å². The maximum Gasteiger partial charge on any atom is 1.00 e. The van der Waals surface area contributed by atoms with Gasteiger partial charge in [-0.25, -0.2) is 0 Å². The minimum atomic E-state index is -0.194. The van der Waals surface area contributed by atoms with Crippen LogP contribution in [0.1, 0.15) is 76.0 Å². The second-order valence-electron chi connectivity index (χ2n) is 6.10. The Morgan fingerprint density at radius 1 is 0.917 bits per heavy atom. The molecule has 0 aliphatic heterocycles. The zero-order valence-electron chi connectivity index (χ0n) is 15.6. The number of amides is 1. The van der Waals surface area contributed by atoms with Crippen molar-refractivity contribution in [2.24, 2.45) is 5.73 Å². The van der Waals surface area contributed by atoms with E-state index in [9.17, 15) is 9.90 Å². The number of para-hydroxylation sites is 1.